The zero-order valence-corrected chi connectivity index (χ0v) is 26.0. The minimum atomic E-state index is -5.13. The smallest absolute Gasteiger partial charge is 0.386 e. The molecule has 26 heteroatoms. The van der Waals surface area contributed by atoms with Crippen LogP contribution in [-0.2, 0) is 41.5 Å². The first kappa shape index (κ1) is 32.6. The van der Waals surface area contributed by atoms with Crippen LogP contribution in [0.1, 0.15) is 19.4 Å². The maximum absolute atomic E-state index is 13.3. The molecule has 3 aliphatic heterocycles. The van der Waals surface area contributed by atoms with E-state index < -0.39 is 94.7 Å². The maximum Gasteiger partial charge on any atom is 0.472 e. The summed E-state index contributed by atoms with van der Waals surface area (Å²) in [6, 6.07) is 0. The predicted octanol–water partition coefficient (Wildman–Crippen LogP) is -2.20. The molecule has 0 radical (unpaired) electrons. The van der Waals surface area contributed by atoms with Crippen molar-refractivity contribution in [3.63, 3.8) is 0 Å². The minimum Gasteiger partial charge on any atom is -0.386 e. The van der Waals surface area contributed by atoms with Crippen LogP contribution in [0.5, 0.6) is 0 Å². The van der Waals surface area contributed by atoms with E-state index >= 15 is 0 Å². The van der Waals surface area contributed by atoms with Crippen molar-refractivity contribution in [3.05, 3.63) is 33.4 Å². The third-order valence-corrected chi connectivity index (χ3v) is 9.85. The number of nitrogens with two attached hydrogens (primary N) is 2. The fourth-order valence-corrected chi connectivity index (χ4v) is 7.78. The van der Waals surface area contributed by atoms with E-state index in [0.29, 0.717) is 0 Å². The zero-order chi connectivity index (χ0) is 34.3. The lowest BCUT2D eigenvalue weighted by atomic mass is 9.96. The lowest BCUT2D eigenvalue weighted by Gasteiger charge is -2.28. The number of phosphoric ester groups is 2. The molecule has 24 nitrogen and oxygen atoms in total. The van der Waals surface area contributed by atoms with Crippen molar-refractivity contribution in [1.82, 2.24) is 39.0 Å². The largest absolute Gasteiger partial charge is 0.472 e. The van der Waals surface area contributed by atoms with Gasteiger partial charge < -0.3 is 35.8 Å². The molecule has 3 saturated heterocycles. The number of aromatic nitrogens is 8. The second-order valence-electron chi connectivity index (χ2n) is 11.0. The molecule has 9 N–H and O–H groups in total. The number of aliphatic hydroxyl groups is 1. The average Bonchev–Trinajstić information content (AvgIpc) is 3.75. The average molecular weight is 716 g/mol. The molecule has 10 atom stereocenters. The predicted molar refractivity (Wildman–Crippen MR) is 154 cm³/mol. The molecule has 0 saturated carbocycles. The molecule has 4 unspecified atom stereocenters. The Bertz CT molecular complexity index is 2150. The minimum absolute atomic E-state index is 0.105. The van der Waals surface area contributed by atoms with E-state index in [4.69, 9.17) is 39.0 Å². The molecule has 3 fully saturated rings. The summed E-state index contributed by atoms with van der Waals surface area (Å²) in [6.07, 6.45) is -8.91. The summed E-state index contributed by atoms with van der Waals surface area (Å²) < 4.78 is 61.6. The number of nitrogens with zero attached hydrogens (tertiary/aromatic N) is 6. The SMILES string of the molecule is CC(=O)[C@H]1C2OP(=O)(O)OC[C@@H]3O[C@@H](n4cnc5c(=O)[nH]c(N)nc54)C(O)[C@H]3OP(=O)(O)OC[C@H]2O[C@H]1n1cnc2c(=O)[nH]c(N)nc21. The van der Waals surface area contributed by atoms with Gasteiger partial charge in [-0.2, -0.15) is 9.97 Å². The van der Waals surface area contributed by atoms with Gasteiger partial charge in [-0.3, -0.25) is 51.6 Å². The number of phosphoric acid groups is 2. The number of aromatic amines is 2. The van der Waals surface area contributed by atoms with Crippen molar-refractivity contribution < 1.29 is 56.4 Å². The van der Waals surface area contributed by atoms with E-state index in [1.165, 1.54) is 4.57 Å². The molecule has 7 heterocycles. The molecule has 7 rings (SSSR count). The van der Waals surface area contributed by atoms with Crippen LogP contribution in [0, 0.1) is 5.92 Å². The molecule has 4 aromatic rings. The van der Waals surface area contributed by atoms with Crippen LogP contribution >= 0.6 is 15.6 Å². The highest BCUT2D eigenvalue weighted by Gasteiger charge is 2.55. The Labute approximate surface area is 265 Å². The van der Waals surface area contributed by atoms with Gasteiger partial charge >= 0.3 is 15.6 Å². The lowest BCUT2D eigenvalue weighted by Crippen LogP contribution is -2.39. The van der Waals surface area contributed by atoms with Crippen LogP contribution in [0.25, 0.3) is 22.3 Å². The van der Waals surface area contributed by atoms with E-state index in [1.807, 2.05) is 0 Å². The molecule has 3 aliphatic rings. The van der Waals surface area contributed by atoms with Gasteiger partial charge in [0.15, 0.2) is 28.6 Å². The number of hydrogen-bond acceptors (Lipinski definition) is 18. The number of Topliss-reactive ketones (excluding diaryl/α,β-unsaturated/α-hetero) is 1. The van der Waals surface area contributed by atoms with E-state index in [2.05, 4.69) is 29.9 Å². The first-order chi connectivity index (χ1) is 22.6. The zero-order valence-electron chi connectivity index (χ0n) is 24.3. The summed E-state index contributed by atoms with van der Waals surface area (Å²) in [5, 5.41) is 11.2. The van der Waals surface area contributed by atoms with Crippen LogP contribution in [0.4, 0.5) is 11.9 Å². The quantitative estimate of drug-likeness (QED) is 0.111. The second kappa shape index (κ2) is 11.6. The van der Waals surface area contributed by atoms with Crippen molar-refractivity contribution >= 4 is 55.7 Å². The third-order valence-electron chi connectivity index (χ3n) is 7.88. The molecular weight excluding hydrogens is 690 g/mol. The monoisotopic (exact) mass is 716 g/mol. The molecule has 0 spiro atoms. The number of anilines is 2. The van der Waals surface area contributed by atoms with Crippen molar-refractivity contribution in [3.8, 4) is 0 Å². The number of carbonyl (C=O) groups excluding carboxylic acids is 1. The Kier molecular flexibility index (Phi) is 7.88. The first-order valence-electron chi connectivity index (χ1n) is 13.9. The van der Waals surface area contributed by atoms with E-state index in [9.17, 15) is 38.4 Å². The van der Waals surface area contributed by atoms with E-state index in [-0.39, 0.29) is 34.2 Å². The van der Waals surface area contributed by atoms with Gasteiger partial charge in [-0.25, -0.2) is 19.1 Å². The molecule has 48 heavy (non-hydrogen) atoms. The first-order valence-corrected chi connectivity index (χ1v) is 16.9. The van der Waals surface area contributed by atoms with Crippen molar-refractivity contribution in [2.45, 2.75) is 49.9 Å². The highest BCUT2D eigenvalue weighted by Crippen LogP contribution is 2.54. The third kappa shape index (κ3) is 5.65. The topological polar surface area (TPSA) is 346 Å². The number of imidazole rings is 2. The van der Waals surface area contributed by atoms with Crippen molar-refractivity contribution in [2.24, 2.45) is 5.92 Å². The number of fused-ring (bicyclic) bond motifs is 4. The lowest BCUT2D eigenvalue weighted by molar-refractivity contribution is -0.126. The number of H-pyrrole nitrogens is 2. The van der Waals surface area contributed by atoms with E-state index in [0.717, 1.165) is 24.1 Å². The van der Waals surface area contributed by atoms with Gasteiger partial charge in [-0.05, 0) is 6.92 Å². The number of carbonyl (C=O) groups is 1. The normalized spacial score (nSPS) is 36.0. The van der Waals surface area contributed by atoms with Gasteiger partial charge in [0.2, 0.25) is 11.9 Å². The van der Waals surface area contributed by atoms with Gasteiger partial charge in [0, 0.05) is 0 Å². The maximum atomic E-state index is 13.3. The summed E-state index contributed by atoms with van der Waals surface area (Å²) in [5.41, 5.74) is 9.36. The van der Waals surface area contributed by atoms with Crippen LogP contribution in [-0.4, -0.2) is 103 Å². The summed E-state index contributed by atoms with van der Waals surface area (Å²) in [5.74, 6) is -2.61. The van der Waals surface area contributed by atoms with Crippen LogP contribution in [0.15, 0.2) is 22.2 Å². The Hall–Kier alpha value is -3.93. The Balaban J connectivity index is 1.21. The van der Waals surface area contributed by atoms with Crippen molar-refractivity contribution in [2.75, 3.05) is 24.7 Å². The standard InChI is InChI=1S/C22H26N10O14P2/c1-6(33)9-13-7(43-19(9)31-4-25-10-15(31)27-21(23)29-17(10)35)2-41-48(39,40)46-14-8(3-42-47(37,38)45-13)44-20(12(14)34)32-5-26-11-16(32)28-22(24)30-18(11)36/h4-5,7-9,12-14,19-20,34H,2-3H2,1H3,(H,37,38)(H,39,40)(H3,23,27,29,35)(H3,24,28,30,36)/t7-,8+,9+,12?,13?,14+,19-,20-/m1/s1. The molecule has 0 bridgehead atoms. The molecule has 4 aromatic heterocycles. The molecule has 0 aliphatic carbocycles. The summed E-state index contributed by atoms with van der Waals surface area (Å²) in [6.45, 7) is -0.605. The molecule has 258 valence electrons. The van der Waals surface area contributed by atoms with Crippen LogP contribution < -0.4 is 22.6 Å². The van der Waals surface area contributed by atoms with E-state index in [1.54, 1.807) is 0 Å². The van der Waals surface area contributed by atoms with Crippen LogP contribution in [0.3, 0.4) is 0 Å². The van der Waals surface area contributed by atoms with Gasteiger partial charge in [-0.15, -0.1) is 0 Å². The Morgan fingerprint density at radius 2 is 1.31 bits per heavy atom. The number of ether oxygens (including phenoxy) is 2. The van der Waals surface area contributed by atoms with Gasteiger partial charge in [0.25, 0.3) is 11.1 Å². The Morgan fingerprint density at radius 1 is 0.854 bits per heavy atom. The Morgan fingerprint density at radius 3 is 1.83 bits per heavy atom. The number of nitrogens with one attached hydrogen (secondary N) is 2. The highest BCUT2D eigenvalue weighted by atomic mass is 31.2. The number of aliphatic hydroxyl groups excluding tert-OH is 1. The summed E-state index contributed by atoms with van der Waals surface area (Å²) >= 11 is 0. The number of hydrogen-bond donors (Lipinski definition) is 7. The van der Waals surface area contributed by atoms with Gasteiger partial charge in [-0.1, -0.05) is 0 Å². The second-order valence-corrected chi connectivity index (χ2v) is 13.8. The van der Waals surface area contributed by atoms with Gasteiger partial charge in [0.1, 0.15) is 42.5 Å². The molecule has 0 amide bonds. The molecular formula is C22H26N10O14P2. The number of rotatable bonds is 3. The van der Waals surface area contributed by atoms with Crippen LogP contribution in [0.2, 0.25) is 0 Å². The molecule has 0 aromatic carbocycles. The van der Waals surface area contributed by atoms with Gasteiger partial charge in [0.05, 0.1) is 31.8 Å². The summed E-state index contributed by atoms with van der Waals surface area (Å²) in [4.78, 5) is 79.5. The summed E-state index contributed by atoms with van der Waals surface area (Å²) in [7, 11) is -10.3. The number of ketones is 1. The van der Waals surface area contributed by atoms with Crippen molar-refractivity contribution in [1.29, 1.82) is 0 Å². The highest BCUT2D eigenvalue weighted by molar-refractivity contribution is 7.47. The number of nitrogen functional groups attached to an aromatic ring is 2. The fraction of sp³-hybridized carbons (Fsp3) is 0.500. The fourth-order valence-electron chi connectivity index (χ4n) is 5.85.